The molecule has 4 nitrogen and oxygen atoms in total. The molecule has 0 saturated heterocycles. The molecule has 0 radical (unpaired) electrons. The number of carbonyl (C=O) groups is 2. The first-order valence-electron chi connectivity index (χ1n) is 5.47. The Labute approximate surface area is 101 Å². The quantitative estimate of drug-likeness (QED) is 0.866. The van der Waals surface area contributed by atoms with Crippen molar-refractivity contribution in [2.45, 2.75) is 33.4 Å². The molecule has 1 aromatic rings. The molecule has 4 heteroatoms. The smallest absolute Gasteiger partial charge is 0.326 e. The first kappa shape index (κ1) is 13.2. The summed E-state index contributed by atoms with van der Waals surface area (Å²) in [5, 5.41) is 8.94. The number of amides is 1. The average molecular weight is 235 g/mol. The van der Waals surface area contributed by atoms with Gasteiger partial charge in [-0.3, -0.25) is 4.79 Å². The lowest BCUT2D eigenvalue weighted by molar-refractivity contribution is -0.149. The van der Waals surface area contributed by atoms with Crippen LogP contribution < -0.4 is 0 Å². The van der Waals surface area contributed by atoms with Gasteiger partial charge in [-0.2, -0.15) is 0 Å². The van der Waals surface area contributed by atoms with Crippen molar-refractivity contribution < 1.29 is 14.7 Å². The monoisotopic (exact) mass is 235 g/mol. The summed E-state index contributed by atoms with van der Waals surface area (Å²) in [6.07, 6.45) is 0. The summed E-state index contributed by atoms with van der Waals surface area (Å²) >= 11 is 0. The Bertz CT molecular complexity index is 428. The van der Waals surface area contributed by atoms with Gasteiger partial charge in [0.15, 0.2) is 0 Å². The topological polar surface area (TPSA) is 57.6 Å². The van der Waals surface area contributed by atoms with Crippen LogP contribution in [0.4, 0.5) is 0 Å². The number of rotatable bonds is 4. The van der Waals surface area contributed by atoms with Crippen molar-refractivity contribution in [2.24, 2.45) is 0 Å². The Kier molecular flexibility index (Phi) is 4.26. The van der Waals surface area contributed by atoms with Gasteiger partial charge in [0.25, 0.3) is 0 Å². The van der Waals surface area contributed by atoms with E-state index in [1.54, 1.807) is 0 Å². The summed E-state index contributed by atoms with van der Waals surface area (Å²) < 4.78 is 0. The number of carbonyl (C=O) groups excluding carboxylic acids is 1. The lowest BCUT2D eigenvalue weighted by Gasteiger charge is -2.25. The molecule has 0 fully saturated rings. The molecule has 1 rings (SSSR count). The predicted octanol–water partition coefficient (Wildman–Crippen LogP) is 1.82. The third-order valence-electron chi connectivity index (χ3n) is 2.66. The van der Waals surface area contributed by atoms with Gasteiger partial charge in [0.05, 0.1) is 0 Å². The number of nitrogens with zero attached hydrogens (tertiary/aromatic N) is 1. The van der Waals surface area contributed by atoms with E-state index in [2.05, 4.69) is 0 Å². The molecule has 0 bridgehead atoms. The lowest BCUT2D eigenvalue weighted by atomic mass is 10.1. The predicted molar refractivity (Wildman–Crippen MR) is 64.5 cm³/mol. The van der Waals surface area contributed by atoms with Crippen LogP contribution in [0.2, 0.25) is 0 Å². The molecular weight excluding hydrogens is 218 g/mol. The second-order valence-electron chi connectivity index (χ2n) is 4.15. The van der Waals surface area contributed by atoms with Crippen molar-refractivity contribution >= 4 is 11.9 Å². The highest BCUT2D eigenvalue weighted by atomic mass is 16.4. The molecule has 1 amide bonds. The Morgan fingerprint density at radius 3 is 2.53 bits per heavy atom. The van der Waals surface area contributed by atoms with Gasteiger partial charge in [-0.05, 0) is 19.4 Å². The summed E-state index contributed by atoms with van der Waals surface area (Å²) in [4.78, 5) is 23.7. The number of benzene rings is 1. The van der Waals surface area contributed by atoms with Gasteiger partial charge >= 0.3 is 5.97 Å². The summed E-state index contributed by atoms with van der Waals surface area (Å²) in [5.41, 5.74) is 2.03. The maximum Gasteiger partial charge on any atom is 0.326 e. The van der Waals surface area contributed by atoms with E-state index in [1.165, 1.54) is 18.7 Å². The molecule has 17 heavy (non-hydrogen) atoms. The highest BCUT2D eigenvalue weighted by Crippen LogP contribution is 2.11. The minimum Gasteiger partial charge on any atom is -0.480 e. The average Bonchev–Trinajstić information content (AvgIpc) is 2.24. The van der Waals surface area contributed by atoms with Crippen molar-refractivity contribution in [1.29, 1.82) is 0 Å². The molecule has 0 saturated carbocycles. The first-order chi connectivity index (χ1) is 7.91. The molecular formula is C13H17NO3. The molecule has 92 valence electrons. The standard InChI is InChI=1S/C13H17NO3/c1-9-5-4-6-12(7-9)8-14(11(3)15)10(2)13(16)17/h4-7,10H,8H2,1-3H3,(H,16,17). The van der Waals surface area contributed by atoms with Gasteiger partial charge < -0.3 is 10.0 Å². The maximum atomic E-state index is 11.4. The van der Waals surface area contributed by atoms with E-state index in [0.29, 0.717) is 6.54 Å². The van der Waals surface area contributed by atoms with Gasteiger partial charge in [-0.15, -0.1) is 0 Å². The van der Waals surface area contributed by atoms with Crippen LogP contribution in [0.3, 0.4) is 0 Å². The number of carboxylic acids is 1. The van der Waals surface area contributed by atoms with E-state index in [0.717, 1.165) is 11.1 Å². The first-order valence-corrected chi connectivity index (χ1v) is 5.47. The van der Waals surface area contributed by atoms with E-state index in [1.807, 2.05) is 31.2 Å². The fraction of sp³-hybridized carbons (Fsp3) is 0.385. The maximum absolute atomic E-state index is 11.4. The van der Waals surface area contributed by atoms with Crippen molar-refractivity contribution in [3.63, 3.8) is 0 Å². The van der Waals surface area contributed by atoms with Crippen molar-refractivity contribution in [3.8, 4) is 0 Å². The molecule has 1 aromatic carbocycles. The van der Waals surface area contributed by atoms with Crippen LogP contribution >= 0.6 is 0 Å². The largest absolute Gasteiger partial charge is 0.480 e. The van der Waals surface area contributed by atoms with E-state index in [-0.39, 0.29) is 5.91 Å². The fourth-order valence-electron chi connectivity index (χ4n) is 1.66. The molecule has 0 heterocycles. The van der Waals surface area contributed by atoms with Crippen LogP contribution in [0.25, 0.3) is 0 Å². The molecule has 0 aliphatic rings. The zero-order chi connectivity index (χ0) is 13.0. The van der Waals surface area contributed by atoms with Gasteiger partial charge in [0.1, 0.15) is 6.04 Å². The van der Waals surface area contributed by atoms with Crippen molar-refractivity contribution in [3.05, 3.63) is 35.4 Å². The summed E-state index contributed by atoms with van der Waals surface area (Å²) in [6, 6.07) is 6.88. The molecule has 1 N–H and O–H groups in total. The lowest BCUT2D eigenvalue weighted by Crippen LogP contribution is -2.41. The molecule has 1 atom stereocenters. The molecule has 0 aromatic heterocycles. The SMILES string of the molecule is CC(=O)N(Cc1cccc(C)c1)C(C)C(=O)O. The third kappa shape index (κ3) is 3.59. The minimum absolute atomic E-state index is 0.235. The van der Waals surface area contributed by atoms with E-state index in [9.17, 15) is 9.59 Å². The van der Waals surface area contributed by atoms with Crippen LogP contribution in [0.15, 0.2) is 24.3 Å². The molecule has 1 unspecified atom stereocenters. The number of carboxylic acid groups (broad SMARTS) is 1. The third-order valence-corrected chi connectivity index (χ3v) is 2.66. The molecule has 0 aliphatic heterocycles. The minimum atomic E-state index is -0.993. The van der Waals surface area contributed by atoms with Crippen LogP contribution in [0.5, 0.6) is 0 Å². The Morgan fingerprint density at radius 1 is 1.41 bits per heavy atom. The summed E-state index contributed by atoms with van der Waals surface area (Å²) in [5.74, 6) is -1.23. The Hall–Kier alpha value is -1.84. The molecule has 0 aliphatic carbocycles. The zero-order valence-corrected chi connectivity index (χ0v) is 10.3. The number of hydrogen-bond donors (Lipinski definition) is 1. The number of aryl methyl sites for hydroxylation is 1. The van der Waals surface area contributed by atoms with Gasteiger partial charge in [-0.25, -0.2) is 4.79 Å². The summed E-state index contributed by atoms with van der Waals surface area (Å²) in [6.45, 7) is 5.18. The van der Waals surface area contributed by atoms with E-state index in [4.69, 9.17) is 5.11 Å². The van der Waals surface area contributed by atoms with Crippen molar-refractivity contribution in [1.82, 2.24) is 4.90 Å². The second-order valence-corrected chi connectivity index (χ2v) is 4.15. The fourth-order valence-corrected chi connectivity index (χ4v) is 1.66. The second kappa shape index (κ2) is 5.48. The van der Waals surface area contributed by atoms with Crippen LogP contribution in [-0.4, -0.2) is 27.9 Å². The zero-order valence-electron chi connectivity index (χ0n) is 10.3. The number of aliphatic carboxylic acids is 1. The van der Waals surface area contributed by atoms with Gasteiger partial charge in [0.2, 0.25) is 5.91 Å². The van der Waals surface area contributed by atoms with Crippen LogP contribution in [0.1, 0.15) is 25.0 Å². The highest BCUT2D eigenvalue weighted by molar-refractivity contribution is 5.81. The number of hydrogen-bond acceptors (Lipinski definition) is 2. The van der Waals surface area contributed by atoms with Gasteiger partial charge in [0, 0.05) is 13.5 Å². The molecule has 0 spiro atoms. The van der Waals surface area contributed by atoms with Crippen LogP contribution in [0, 0.1) is 6.92 Å². The van der Waals surface area contributed by atoms with Gasteiger partial charge in [-0.1, -0.05) is 29.8 Å². The highest BCUT2D eigenvalue weighted by Gasteiger charge is 2.22. The van der Waals surface area contributed by atoms with Crippen LogP contribution in [-0.2, 0) is 16.1 Å². The van der Waals surface area contributed by atoms with E-state index < -0.39 is 12.0 Å². The van der Waals surface area contributed by atoms with Crippen molar-refractivity contribution in [2.75, 3.05) is 0 Å². The summed E-state index contributed by atoms with van der Waals surface area (Å²) in [7, 11) is 0. The Morgan fingerprint density at radius 2 is 2.06 bits per heavy atom. The van der Waals surface area contributed by atoms with E-state index >= 15 is 0 Å². The Balaban J connectivity index is 2.88. The normalized spacial score (nSPS) is 11.9.